The lowest BCUT2D eigenvalue weighted by Crippen LogP contribution is -2.37. The zero-order chi connectivity index (χ0) is 15.1. The van der Waals surface area contributed by atoms with Crippen molar-refractivity contribution in [2.45, 2.75) is 50.6 Å². The lowest BCUT2D eigenvalue weighted by Gasteiger charge is -2.23. The van der Waals surface area contributed by atoms with Crippen molar-refractivity contribution in [1.29, 1.82) is 0 Å². The van der Waals surface area contributed by atoms with Gasteiger partial charge in [-0.25, -0.2) is 4.79 Å². The summed E-state index contributed by atoms with van der Waals surface area (Å²) in [5, 5.41) is 3.49. The molecule has 1 aliphatic carbocycles. The summed E-state index contributed by atoms with van der Waals surface area (Å²) in [6.45, 7) is 0. The number of carbonyl (C=O) groups is 1. The molecular formula is C17H25NO3. The van der Waals surface area contributed by atoms with Gasteiger partial charge in [0, 0.05) is 6.04 Å². The van der Waals surface area contributed by atoms with Gasteiger partial charge in [0.2, 0.25) is 0 Å². The van der Waals surface area contributed by atoms with Gasteiger partial charge in [-0.2, -0.15) is 0 Å². The van der Waals surface area contributed by atoms with E-state index in [0.29, 0.717) is 6.04 Å². The lowest BCUT2D eigenvalue weighted by molar-refractivity contribution is -0.143. The first-order chi connectivity index (χ1) is 10.2. The summed E-state index contributed by atoms with van der Waals surface area (Å²) in [6, 6.07) is 7.58. The molecule has 2 rings (SSSR count). The summed E-state index contributed by atoms with van der Waals surface area (Å²) in [5.74, 6) is 0.557. The van der Waals surface area contributed by atoms with E-state index in [1.54, 1.807) is 7.11 Å². The van der Waals surface area contributed by atoms with Gasteiger partial charge in [-0.3, -0.25) is 5.32 Å². The number of hydrogen-bond donors (Lipinski definition) is 1. The molecule has 1 N–H and O–H groups in total. The third kappa shape index (κ3) is 4.46. The molecule has 1 fully saturated rings. The van der Waals surface area contributed by atoms with Gasteiger partial charge in [-0.15, -0.1) is 0 Å². The maximum absolute atomic E-state index is 12.1. The second kappa shape index (κ2) is 8.03. The lowest BCUT2D eigenvalue weighted by atomic mass is 10.0. The van der Waals surface area contributed by atoms with Crippen LogP contribution in [0.15, 0.2) is 24.3 Å². The van der Waals surface area contributed by atoms with Crippen molar-refractivity contribution in [2.24, 2.45) is 0 Å². The third-order valence-corrected chi connectivity index (χ3v) is 4.14. The Morgan fingerprint density at radius 2 is 1.71 bits per heavy atom. The summed E-state index contributed by atoms with van der Waals surface area (Å²) >= 11 is 0. The van der Waals surface area contributed by atoms with Crippen LogP contribution in [-0.2, 0) is 9.53 Å². The molecule has 0 saturated heterocycles. The molecule has 4 heteroatoms. The minimum atomic E-state index is -0.399. The molecular weight excluding hydrogens is 266 g/mol. The van der Waals surface area contributed by atoms with Gasteiger partial charge in [0.1, 0.15) is 11.8 Å². The Labute approximate surface area is 126 Å². The molecule has 0 heterocycles. The summed E-state index contributed by atoms with van der Waals surface area (Å²) in [5.41, 5.74) is 0.923. The second-order valence-electron chi connectivity index (χ2n) is 5.58. The molecule has 0 spiro atoms. The van der Waals surface area contributed by atoms with Gasteiger partial charge >= 0.3 is 5.97 Å². The SMILES string of the molecule is COC(=O)C(NC1CCCCCC1)c1ccc(OC)cc1. The molecule has 0 radical (unpaired) electrons. The summed E-state index contributed by atoms with van der Waals surface area (Å²) in [7, 11) is 3.07. The highest BCUT2D eigenvalue weighted by Crippen LogP contribution is 2.23. The molecule has 1 aromatic rings. The van der Waals surface area contributed by atoms with Gasteiger partial charge in [0.05, 0.1) is 14.2 Å². The van der Waals surface area contributed by atoms with Crippen LogP contribution in [0.2, 0.25) is 0 Å². The Kier molecular flexibility index (Phi) is 6.05. The van der Waals surface area contributed by atoms with Crippen molar-refractivity contribution in [3.05, 3.63) is 29.8 Å². The quantitative estimate of drug-likeness (QED) is 0.668. The van der Waals surface area contributed by atoms with Gasteiger partial charge in [0.15, 0.2) is 0 Å². The van der Waals surface area contributed by atoms with Crippen LogP contribution in [0.3, 0.4) is 0 Å². The highest BCUT2D eigenvalue weighted by molar-refractivity contribution is 5.77. The number of benzene rings is 1. The van der Waals surface area contributed by atoms with E-state index in [1.165, 1.54) is 32.8 Å². The molecule has 1 atom stereocenters. The number of rotatable bonds is 5. The van der Waals surface area contributed by atoms with Crippen LogP contribution in [0.5, 0.6) is 5.75 Å². The summed E-state index contributed by atoms with van der Waals surface area (Å²) in [6.07, 6.45) is 7.31. The number of nitrogens with one attached hydrogen (secondary N) is 1. The minimum Gasteiger partial charge on any atom is -0.497 e. The summed E-state index contributed by atoms with van der Waals surface area (Å²) < 4.78 is 10.1. The van der Waals surface area contributed by atoms with Gasteiger partial charge in [-0.1, -0.05) is 37.8 Å². The van der Waals surface area contributed by atoms with E-state index in [2.05, 4.69) is 5.32 Å². The topological polar surface area (TPSA) is 47.6 Å². The molecule has 0 bridgehead atoms. The third-order valence-electron chi connectivity index (χ3n) is 4.14. The van der Waals surface area contributed by atoms with Gasteiger partial charge in [-0.05, 0) is 30.5 Å². The first-order valence-electron chi connectivity index (χ1n) is 7.72. The minimum absolute atomic E-state index is 0.232. The molecule has 1 saturated carbocycles. The second-order valence-corrected chi connectivity index (χ2v) is 5.58. The van der Waals surface area contributed by atoms with Crippen LogP contribution >= 0.6 is 0 Å². The molecule has 1 aromatic carbocycles. The number of carbonyl (C=O) groups excluding carboxylic acids is 1. The predicted molar refractivity (Wildman–Crippen MR) is 82.4 cm³/mol. The highest BCUT2D eigenvalue weighted by Gasteiger charge is 2.25. The van der Waals surface area contributed by atoms with E-state index in [0.717, 1.165) is 24.2 Å². The van der Waals surface area contributed by atoms with Crippen molar-refractivity contribution in [3.8, 4) is 5.75 Å². The normalized spacial score (nSPS) is 17.8. The van der Waals surface area contributed by atoms with E-state index in [9.17, 15) is 4.79 Å². The monoisotopic (exact) mass is 291 g/mol. The zero-order valence-corrected chi connectivity index (χ0v) is 12.9. The average molecular weight is 291 g/mol. The molecule has 116 valence electrons. The molecule has 21 heavy (non-hydrogen) atoms. The molecule has 4 nitrogen and oxygen atoms in total. The van der Waals surface area contributed by atoms with Crippen molar-refractivity contribution < 1.29 is 14.3 Å². The van der Waals surface area contributed by atoms with E-state index < -0.39 is 6.04 Å². The largest absolute Gasteiger partial charge is 0.497 e. The molecule has 0 amide bonds. The smallest absolute Gasteiger partial charge is 0.327 e. The van der Waals surface area contributed by atoms with Crippen LogP contribution in [-0.4, -0.2) is 26.2 Å². The van der Waals surface area contributed by atoms with Crippen molar-refractivity contribution >= 4 is 5.97 Å². The zero-order valence-electron chi connectivity index (χ0n) is 12.9. The van der Waals surface area contributed by atoms with Crippen molar-refractivity contribution in [3.63, 3.8) is 0 Å². The number of esters is 1. The Morgan fingerprint density at radius 1 is 1.10 bits per heavy atom. The van der Waals surface area contributed by atoms with Crippen LogP contribution in [0.4, 0.5) is 0 Å². The van der Waals surface area contributed by atoms with E-state index >= 15 is 0 Å². The number of hydrogen-bond acceptors (Lipinski definition) is 4. The fourth-order valence-electron chi connectivity index (χ4n) is 2.90. The van der Waals surface area contributed by atoms with Crippen molar-refractivity contribution in [1.82, 2.24) is 5.32 Å². The first-order valence-corrected chi connectivity index (χ1v) is 7.72. The number of methoxy groups -OCH3 is 2. The van der Waals surface area contributed by atoms with Crippen LogP contribution in [0.1, 0.15) is 50.1 Å². The Balaban J connectivity index is 2.10. The van der Waals surface area contributed by atoms with Crippen LogP contribution < -0.4 is 10.1 Å². The Bertz CT molecular complexity index is 436. The fourth-order valence-corrected chi connectivity index (χ4v) is 2.90. The highest BCUT2D eigenvalue weighted by atomic mass is 16.5. The van der Waals surface area contributed by atoms with Crippen molar-refractivity contribution in [2.75, 3.05) is 14.2 Å². The van der Waals surface area contributed by atoms with E-state index in [1.807, 2.05) is 24.3 Å². The molecule has 0 aliphatic heterocycles. The Morgan fingerprint density at radius 3 is 2.24 bits per heavy atom. The maximum Gasteiger partial charge on any atom is 0.327 e. The number of ether oxygens (including phenoxy) is 2. The van der Waals surface area contributed by atoms with Gasteiger partial charge in [0.25, 0.3) is 0 Å². The maximum atomic E-state index is 12.1. The summed E-state index contributed by atoms with van der Waals surface area (Å²) in [4.78, 5) is 12.1. The molecule has 0 aromatic heterocycles. The van der Waals surface area contributed by atoms with E-state index in [4.69, 9.17) is 9.47 Å². The Hall–Kier alpha value is -1.55. The average Bonchev–Trinajstić information content (AvgIpc) is 2.80. The molecule has 1 unspecified atom stereocenters. The van der Waals surface area contributed by atoms with Crippen LogP contribution in [0, 0.1) is 0 Å². The fraction of sp³-hybridized carbons (Fsp3) is 0.588. The van der Waals surface area contributed by atoms with Gasteiger partial charge < -0.3 is 9.47 Å². The van der Waals surface area contributed by atoms with E-state index in [-0.39, 0.29) is 5.97 Å². The predicted octanol–water partition coefficient (Wildman–Crippen LogP) is 3.22. The van der Waals surface area contributed by atoms with Crippen LogP contribution in [0.25, 0.3) is 0 Å². The molecule has 1 aliphatic rings. The first kappa shape index (κ1) is 15.8. The standard InChI is InChI=1S/C17H25NO3/c1-20-15-11-9-13(10-12-15)16(17(19)21-2)18-14-7-5-3-4-6-8-14/h9-12,14,16,18H,3-8H2,1-2H3.